The van der Waals surface area contributed by atoms with Gasteiger partial charge in [0.1, 0.15) is 5.82 Å². The van der Waals surface area contributed by atoms with Crippen molar-refractivity contribution in [3.63, 3.8) is 0 Å². The number of aliphatic imine (C=N–C) groups is 1. The molecule has 1 aromatic carbocycles. The van der Waals surface area contributed by atoms with E-state index in [-0.39, 0.29) is 42.2 Å². The van der Waals surface area contributed by atoms with Gasteiger partial charge in [0.25, 0.3) is 0 Å². The third-order valence-corrected chi connectivity index (χ3v) is 2.89. The molecule has 0 radical (unpaired) electrons. The highest BCUT2D eigenvalue weighted by atomic mass is 127. The highest BCUT2D eigenvalue weighted by Crippen LogP contribution is 2.05. The molecule has 0 spiro atoms. The molecule has 0 bridgehead atoms. The van der Waals surface area contributed by atoms with Gasteiger partial charge in [0.15, 0.2) is 5.96 Å². The zero-order valence-electron chi connectivity index (χ0n) is 13.2. The van der Waals surface area contributed by atoms with E-state index in [1.807, 2.05) is 18.9 Å². The summed E-state index contributed by atoms with van der Waals surface area (Å²) in [6.07, 6.45) is 0.908. The minimum absolute atomic E-state index is 0. The molecule has 0 aliphatic heterocycles. The zero-order chi connectivity index (χ0) is 15.7. The molecule has 0 unspecified atom stereocenters. The Hall–Kier alpha value is -1.38. The van der Waals surface area contributed by atoms with Crippen molar-refractivity contribution in [2.75, 3.05) is 27.2 Å². The van der Waals surface area contributed by atoms with E-state index in [2.05, 4.69) is 15.6 Å². The first-order valence-corrected chi connectivity index (χ1v) is 6.99. The Kier molecular flexibility index (Phi) is 10.5. The van der Waals surface area contributed by atoms with E-state index in [1.54, 1.807) is 19.2 Å². The fourth-order valence-electron chi connectivity index (χ4n) is 1.81. The SMILES string of the molecule is CCCNC(=O)CNC(=NC)N(C)Cc1ccc(F)cc1.I. The van der Waals surface area contributed by atoms with Gasteiger partial charge in [0.2, 0.25) is 5.91 Å². The summed E-state index contributed by atoms with van der Waals surface area (Å²) in [6, 6.07) is 6.31. The number of hydrogen-bond donors (Lipinski definition) is 2. The van der Waals surface area contributed by atoms with E-state index in [4.69, 9.17) is 0 Å². The number of guanidine groups is 1. The van der Waals surface area contributed by atoms with Crippen LogP contribution in [0, 0.1) is 5.82 Å². The number of halogens is 2. The minimum atomic E-state index is -0.253. The summed E-state index contributed by atoms with van der Waals surface area (Å²) in [5.41, 5.74) is 0.970. The summed E-state index contributed by atoms with van der Waals surface area (Å²) in [4.78, 5) is 17.6. The van der Waals surface area contributed by atoms with E-state index in [0.29, 0.717) is 19.0 Å². The maximum atomic E-state index is 12.9. The average molecular weight is 422 g/mol. The summed E-state index contributed by atoms with van der Waals surface area (Å²) in [7, 11) is 3.52. The normalized spacial score (nSPS) is 10.6. The second-order valence-corrected chi connectivity index (χ2v) is 4.73. The van der Waals surface area contributed by atoms with Gasteiger partial charge in [0.05, 0.1) is 6.54 Å². The Balaban J connectivity index is 0.00000441. The molecule has 0 saturated heterocycles. The van der Waals surface area contributed by atoms with Crippen LogP contribution in [0.3, 0.4) is 0 Å². The first kappa shape index (κ1) is 20.6. The predicted octanol–water partition coefficient (Wildman–Crippen LogP) is 1.98. The summed E-state index contributed by atoms with van der Waals surface area (Å²) in [5.74, 6) is 0.302. The molecule has 22 heavy (non-hydrogen) atoms. The molecule has 0 aliphatic rings. The molecule has 124 valence electrons. The summed E-state index contributed by atoms with van der Waals surface area (Å²) in [6.45, 7) is 3.44. The molecule has 0 saturated carbocycles. The average Bonchev–Trinajstić information content (AvgIpc) is 2.48. The number of rotatable bonds is 6. The Labute approximate surface area is 148 Å². The lowest BCUT2D eigenvalue weighted by molar-refractivity contribution is -0.120. The molecule has 0 aliphatic carbocycles. The van der Waals surface area contributed by atoms with Gasteiger partial charge < -0.3 is 15.5 Å². The molecular weight excluding hydrogens is 398 g/mol. The van der Waals surface area contributed by atoms with Gasteiger partial charge in [-0.1, -0.05) is 19.1 Å². The molecule has 0 atom stereocenters. The maximum absolute atomic E-state index is 12.9. The second kappa shape index (κ2) is 11.2. The predicted molar refractivity (Wildman–Crippen MR) is 97.9 cm³/mol. The van der Waals surface area contributed by atoms with Crippen molar-refractivity contribution < 1.29 is 9.18 Å². The molecule has 5 nitrogen and oxygen atoms in total. The van der Waals surface area contributed by atoms with E-state index in [9.17, 15) is 9.18 Å². The molecule has 0 aromatic heterocycles. The fourth-order valence-corrected chi connectivity index (χ4v) is 1.81. The summed E-state index contributed by atoms with van der Waals surface area (Å²) < 4.78 is 12.9. The molecule has 1 aromatic rings. The molecular formula is C15H24FIN4O. The quantitative estimate of drug-likeness (QED) is 0.419. The summed E-state index contributed by atoms with van der Waals surface area (Å²) in [5, 5.41) is 5.79. The van der Waals surface area contributed by atoms with E-state index in [0.717, 1.165) is 12.0 Å². The zero-order valence-corrected chi connectivity index (χ0v) is 15.6. The Morgan fingerprint density at radius 1 is 1.27 bits per heavy atom. The van der Waals surface area contributed by atoms with Gasteiger partial charge in [-0.15, -0.1) is 24.0 Å². The standard InChI is InChI=1S/C15H23FN4O.HI/c1-4-9-18-14(21)10-19-15(17-2)20(3)11-12-5-7-13(16)8-6-12;/h5-8H,4,9-11H2,1-3H3,(H,17,19)(H,18,21);1H. The third kappa shape index (κ3) is 7.58. The number of nitrogens with one attached hydrogen (secondary N) is 2. The van der Waals surface area contributed by atoms with Crippen LogP contribution < -0.4 is 10.6 Å². The highest BCUT2D eigenvalue weighted by Gasteiger charge is 2.08. The van der Waals surface area contributed by atoms with Crippen LogP contribution in [-0.4, -0.2) is 44.0 Å². The Bertz CT molecular complexity index is 479. The van der Waals surface area contributed by atoms with Gasteiger partial charge in [-0.25, -0.2) is 4.39 Å². The van der Waals surface area contributed by atoms with Crippen molar-refractivity contribution in [3.8, 4) is 0 Å². The van der Waals surface area contributed by atoms with Crippen LogP contribution in [-0.2, 0) is 11.3 Å². The van der Waals surface area contributed by atoms with Gasteiger partial charge in [-0.3, -0.25) is 9.79 Å². The van der Waals surface area contributed by atoms with E-state index < -0.39 is 0 Å². The first-order chi connectivity index (χ1) is 10.1. The Morgan fingerprint density at radius 2 is 1.91 bits per heavy atom. The van der Waals surface area contributed by atoms with Crippen molar-refractivity contribution in [2.24, 2.45) is 4.99 Å². The topological polar surface area (TPSA) is 56.7 Å². The third-order valence-electron chi connectivity index (χ3n) is 2.89. The number of hydrogen-bond acceptors (Lipinski definition) is 2. The highest BCUT2D eigenvalue weighted by molar-refractivity contribution is 14.0. The van der Waals surface area contributed by atoms with E-state index >= 15 is 0 Å². The lowest BCUT2D eigenvalue weighted by Gasteiger charge is -2.22. The van der Waals surface area contributed by atoms with Crippen molar-refractivity contribution in [1.29, 1.82) is 0 Å². The fraction of sp³-hybridized carbons (Fsp3) is 0.467. The smallest absolute Gasteiger partial charge is 0.239 e. The monoisotopic (exact) mass is 422 g/mol. The molecule has 2 N–H and O–H groups in total. The number of carbonyl (C=O) groups excluding carboxylic acids is 1. The minimum Gasteiger partial charge on any atom is -0.355 e. The first-order valence-electron chi connectivity index (χ1n) is 6.99. The van der Waals surface area contributed by atoms with Crippen molar-refractivity contribution in [3.05, 3.63) is 35.6 Å². The molecule has 0 heterocycles. The van der Waals surface area contributed by atoms with Gasteiger partial charge in [-0.2, -0.15) is 0 Å². The summed E-state index contributed by atoms with van der Waals surface area (Å²) >= 11 is 0. The van der Waals surface area contributed by atoms with E-state index in [1.165, 1.54) is 12.1 Å². The van der Waals surface area contributed by atoms with Crippen LogP contribution in [0.1, 0.15) is 18.9 Å². The van der Waals surface area contributed by atoms with Crippen LogP contribution in [0.2, 0.25) is 0 Å². The van der Waals surface area contributed by atoms with Gasteiger partial charge in [-0.05, 0) is 24.1 Å². The Morgan fingerprint density at radius 3 is 2.45 bits per heavy atom. The molecule has 7 heteroatoms. The van der Waals surface area contributed by atoms with Crippen molar-refractivity contribution in [1.82, 2.24) is 15.5 Å². The van der Waals surface area contributed by atoms with Crippen LogP contribution >= 0.6 is 24.0 Å². The maximum Gasteiger partial charge on any atom is 0.239 e. The molecule has 1 amide bonds. The van der Waals surface area contributed by atoms with Crippen LogP contribution in [0.4, 0.5) is 4.39 Å². The van der Waals surface area contributed by atoms with Gasteiger partial charge in [0, 0.05) is 27.2 Å². The van der Waals surface area contributed by atoms with Crippen LogP contribution in [0.25, 0.3) is 0 Å². The van der Waals surface area contributed by atoms with Crippen molar-refractivity contribution in [2.45, 2.75) is 19.9 Å². The molecule has 1 rings (SSSR count). The number of amides is 1. The molecule has 0 fully saturated rings. The number of benzene rings is 1. The number of nitrogens with zero attached hydrogens (tertiary/aromatic N) is 2. The second-order valence-electron chi connectivity index (χ2n) is 4.73. The largest absolute Gasteiger partial charge is 0.355 e. The van der Waals surface area contributed by atoms with Crippen LogP contribution in [0.15, 0.2) is 29.3 Å². The van der Waals surface area contributed by atoms with Crippen LogP contribution in [0.5, 0.6) is 0 Å². The van der Waals surface area contributed by atoms with Crippen molar-refractivity contribution >= 4 is 35.8 Å². The number of carbonyl (C=O) groups is 1. The lowest BCUT2D eigenvalue weighted by Crippen LogP contribution is -2.43. The lowest BCUT2D eigenvalue weighted by atomic mass is 10.2. The van der Waals surface area contributed by atoms with Gasteiger partial charge >= 0.3 is 0 Å².